The van der Waals surface area contributed by atoms with Gasteiger partial charge in [0.05, 0.1) is 13.2 Å². The highest BCUT2D eigenvalue weighted by atomic mass is 16.5. The third kappa shape index (κ3) is 4.41. The van der Waals surface area contributed by atoms with Gasteiger partial charge in [0.2, 0.25) is 0 Å². The van der Waals surface area contributed by atoms with Crippen LogP contribution >= 0.6 is 0 Å². The maximum atomic E-state index is 12.3. The van der Waals surface area contributed by atoms with Crippen LogP contribution in [0.3, 0.4) is 0 Å². The smallest absolute Gasteiger partial charge is 0.355 e. The summed E-state index contributed by atoms with van der Waals surface area (Å²) in [6.07, 6.45) is 0. The van der Waals surface area contributed by atoms with E-state index in [4.69, 9.17) is 14.2 Å². The lowest BCUT2D eigenvalue weighted by Crippen LogP contribution is -2.16. The van der Waals surface area contributed by atoms with Crippen molar-refractivity contribution < 1.29 is 23.8 Å². The summed E-state index contributed by atoms with van der Waals surface area (Å²) < 4.78 is 17.4. The Bertz CT molecular complexity index is 763. The number of benzene rings is 1. The van der Waals surface area contributed by atoms with Crippen molar-refractivity contribution in [2.75, 3.05) is 13.2 Å². The van der Waals surface area contributed by atoms with E-state index >= 15 is 0 Å². The fraction of sp³-hybridized carbons (Fsp3) is 0.368. The third-order valence-electron chi connectivity index (χ3n) is 3.65. The van der Waals surface area contributed by atoms with Gasteiger partial charge in [0.1, 0.15) is 23.7 Å². The average Bonchev–Trinajstić information content (AvgIpc) is 2.90. The highest BCUT2D eigenvalue weighted by Crippen LogP contribution is 2.21. The van der Waals surface area contributed by atoms with Gasteiger partial charge in [-0.2, -0.15) is 0 Å². The van der Waals surface area contributed by atoms with Crippen molar-refractivity contribution >= 4 is 11.9 Å². The van der Waals surface area contributed by atoms with Gasteiger partial charge in [-0.1, -0.05) is 12.1 Å². The SMILES string of the molecule is CCOC(=O)c1cc(COc2cccc(C)c2)c(C(=O)OCC)n1C. The predicted molar refractivity (Wildman–Crippen MR) is 92.8 cm³/mol. The monoisotopic (exact) mass is 345 g/mol. The molecule has 0 bridgehead atoms. The first-order chi connectivity index (χ1) is 12.0. The van der Waals surface area contributed by atoms with Gasteiger partial charge in [0.15, 0.2) is 0 Å². The molecule has 6 heteroatoms. The zero-order valence-electron chi connectivity index (χ0n) is 15.0. The lowest BCUT2D eigenvalue weighted by molar-refractivity contribution is 0.0504. The van der Waals surface area contributed by atoms with E-state index in [1.165, 1.54) is 4.57 Å². The van der Waals surface area contributed by atoms with Crippen molar-refractivity contribution in [3.05, 3.63) is 52.8 Å². The van der Waals surface area contributed by atoms with Gasteiger partial charge in [-0.25, -0.2) is 9.59 Å². The van der Waals surface area contributed by atoms with Crippen molar-refractivity contribution in [1.29, 1.82) is 0 Å². The summed E-state index contributed by atoms with van der Waals surface area (Å²) in [6, 6.07) is 9.22. The first-order valence-electron chi connectivity index (χ1n) is 8.20. The Morgan fingerprint density at radius 1 is 1.04 bits per heavy atom. The molecule has 0 unspecified atom stereocenters. The summed E-state index contributed by atoms with van der Waals surface area (Å²) in [4.78, 5) is 24.4. The van der Waals surface area contributed by atoms with Gasteiger partial charge in [-0.05, 0) is 44.5 Å². The van der Waals surface area contributed by atoms with E-state index in [0.717, 1.165) is 5.56 Å². The van der Waals surface area contributed by atoms with Crippen molar-refractivity contribution in [3.8, 4) is 5.75 Å². The molecule has 0 saturated heterocycles. The van der Waals surface area contributed by atoms with Crippen LogP contribution in [0.25, 0.3) is 0 Å². The fourth-order valence-electron chi connectivity index (χ4n) is 2.51. The number of hydrogen-bond acceptors (Lipinski definition) is 5. The van der Waals surface area contributed by atoms with Crippen LogP contribution in [0.5, 0.6) is 5.75 Å². The van der Waals surface area contributed by atoms with Crippen LogP contribution in [-0.4, -0.2) is 29.7 Å². The largest absolute Gasteiger partial charge is 0.489 e. The number of nitrogens with zero attached hydrogens (tertiary/aromatic N) is 1. The molecule has 0 aliphatic carbocycles. The fourth-order valence-corrected chi connectivity index (χ4v) is 2.51. The van der Waals surface area contributed by atoms with Gasteiger partial charge in [0, 0.05) is 12.6 Å². The molecular weight excluding hydrogens is 322 g/mol. The van der Waals surface area contributed by atoms with Gasteiger partial charge in [-0.15, -0.1) is 0 Å². The maximum Gasteiger partial charge on any atom is 0.355 e. The number of aryl methyl sites for hydroxylation is 1. The second-order valence-corrected chi connectivity index (χ2v) is 5.51. The Labute approximate surface area is 147 Å². The van der Waals surface area contributed by atoms with E-state index in [0.29, 0.717) is 11.3 Å². The summed E-state index contributed by atoms with van der Waals surface area (Å²) in [5, 5.41) is 0. The van der Waals surface area contributed by atoms with Crippen LogP contribution < -0.4 is 4.74 Å². The highest BCUT2D eigenvalue weighted by molar-refractivity contribution is 5.95. The van der Waals surface area contributed by atoms with E-state index < -0.39 is 11.9 Å². The minimum Gasteiger partial charge on any atom is -0.489 e. The number of hydrogen-bond donors (Lipinski definition) is 0. The zero-order valence-corrected chi connectivity index (χ0v) is 15.0. The van der Waals surface area contributed by atoms with Crippen molar-refractivity contribution in [1.82, 2.24) is 4.57 Å². The van der Waals surface area contributed by atoms with Crippen LogP contribution in [-0.2, 0) is 23.1 Å². The van der Waals surface area contributed by atoms with E-state index in [1.54, 1.807) is 27.0 Å². The quantitative estimate of drug-likeness (QED) is 0.721. The van der Waals surface area contributed by atoms with E-state index in [9.17, 15) is 9.59 Å². The standard InChI is InChI=1S/C19H23NO5/c1-5-23-18(21)16-11-14(17(20(16)4)19(22)24-6-2)12-25-15-9-7-8-13(3)10-15/h7-11H,5-6,12H2,1-4H3. The molecule has 134 valence electrons. The molecule has 1 aromatic carbocycles. The lowest BCUT2D eigenvalue weighted by Gasteiger charge is -2.09. The minimum absolute atomic E-state index is 0.144. The molecule has 25 heavy (non-hydrogen) atoms. The Kier molecular flexibility index (Phi) is 6.22. The summed E-state index contributed by atoms with van der Waals surface area (Å²) >= 11 is 0. The molecule has 2 aromatic rings. The maximum absolute atomic E-state index is 12.3. The number of ether oxygens (including phenoxy) is 3. The third-order valence-corrected chi connectivity index (χ3v) is 3.65. The predicted octanol–water partition coefficient (Wildman–Crippen LogP) is 3.27. The van der Waals surface area contributed by atoms with Crippen molar-refractivity contribution in [3.63, 3.8) is 0 Å². The average molecular weight is 345 g/mol. The summed E-state index contributed by atoms with van der Waals surface area (Å²) in [5.74, 6) is -0.294. The van der Waals surface area contributed by atoms with E-state index in [-0.39, 0.29) is 31.2 Å². The van der Waals surface area contributed by atoms with Crippen LogP contribution in [0.4, 0.5) is 0 Å². The summed E-state index contributed by atoms with van der Waals surface area (Å²) in [7, 11) is 1.63. The van der Waals surface area contributed by atoms with E-state index in [2.05, 4.69) is 0 Å². The number of esters is 2. The normalized spacial score (nSPS) is 10.4. The Morgan fingerprint density at radius 2 is 1.72 bits per heavy atom. The number of carbonyl (C=O) groups is 2. The zero-order chi connectivity index (χ0) is 18.4. The molecule has 0 spiro atoms. The van der Waals surface area contributed by atoms with Crippen molar-refractivity contribution in [2.45, 2.75) is 27.4 Å². The molecule has 0 amide bonds. The molecule has 0 fully saturated rings. The molecule has 0 atom stereocenters. The first-order valence-corrected chi connectivity index (χ1v) is 8.20. The molecule has 0 saturated carbocycles. The molecule has 0 aliphatic heterocycles. The van der Waals surface area contributed by atoms with Crippen LogP contribution in [0, 0.1) is 6.92 Å². The molecule has 0 radical (unpaired) electrons. The summed E-state index contributed by atoms with van der Waals surface area (Å²) in [5.41, 5.74) is 2.22. The number of aromatic nitrogens is 1. The molecule has 1 heterocycles. The van der Waals surface area contributed by atoms with Gasteiger partial charge >= 0.3 is 11.9 Å². The van der Waals surface area contributed by atoms with Crippen molar-refractivity contribution in [2.24, 2.45) is 7.05 Å². The van der Waals surface area contributed by atoms with Gasteiger partial charge < -0.3 is 18.8 Å². The van der Waals surface area contributed by atoms with Crippen LogP contribution in [0.1, 0.15) is 46.0 Å². The Balaban J connectivity index is 2.32. The molecule has 1 aromatic heterocycles. The molecular formula is C19H23NO5. The number of carbonyl (C=O) groups excluding carboxylic acids is 2. The Hall–Kier alpha value is -2.76. The minimum atomic E-state index is -0.497. The highest BCUT2D eigenvalue weighted by Gasteiger charge is 2.24. The summed E-state index contributed by atoms with van der Waals surface area (Å²) in [6.45, 7) is 6.08. The van der Waals surface area contributed by atoms with Gasteiger partial charge in [0.25, 0.3) is 0 Å². The molecule has 2 rings (SSSR count). The second-order valence-electron chi connectivity index (χ2n) is 5.51. The number of rotatable bonds is 7. The topological polar surface area (TPSA) is 66.8 Å². The molecule has 6 nitrogen and oxygen atoms in total. The van der Waals surface area contributed by atoms with Crippen LogP contribution in [0.2, 0.25) is 0 Å². The Morgan fingerprint density at radius 3 is 2.36 bits per heavy atom. The molecule has 0 N–H and O–H groups in total. The second kappa shape index (κ2) is 8.37. The van der Waals surface area contributed by atoms with E-state index in [1.807, 2.05) is 31.2 Å². The molecule has 0 aliphatic rings. The lowest BCUT2D eigenvalue weighted by atomic mass is 10.2. The first kappa shape index (κ1) is 18.6. The van der Waals surface area contributed by atoms with Gasteiger partial charge in [-0.3, -0.25) is 0 Å². The van der Waals surface area contributed by atoms with Crippen LogP contribution in [0.15, 0.2) is 30.3 Å².